The van der Waals surface area contributed by atoms with Crippen molar-refractivity contribution in [2.24, 2.45) is 11.7 Å². The van der Waals surface area contributed by atoms with Gasteiger partial charge in [0.2, 0.25) is 0 Å². The minimum Gasteiger partial charge on any atom is -0.494 e. The van der Waals surface area contributed by atoms with Gasteiger partial charge in [0.05, 0.1) is 6.61 Å². The molecule has 0 fully saturated rings. The number of nitrogens with two attached hydrogens (primary N) is 1. The first-order valence-corrected chi connectivity index (χ1v) is 6.92. The molecule has 0 heterocycles. The van der Waals surface area contributed by atoms with E-state index in [0.717, 1.165) is 24.3 Å². The number of hydrogen-bond donors (Lipinski definition) is 2. The Labute approximate surface area is 120 Å². The molecule has 0 aliphatic rings. The van der Waals surface area contributed by atoms with E-state index in [1.165, 1.54) is 0 Å². The van der Waals surface area contributed by atoms with Crippen LogP contribution in [0.5, 0.6) is 5.75 Å². The lowest BCUT2D eigenvalue weighted by Gasteiger charge is -2.09. The number of carbonyl (C=O) groups excluding carboxylic acids is 1. The minimum atomic E-state index is -0.741. The number of amides is 1. The van der Waals surface area contributed by atoms with Crippen molar-refractivity contribution in [3.8, 4) is 5.75 Å². The van der Waals surface area contributed by atoms with E-state index in [-0.39, 0.29) is 6.61 Å². The van der Waals surface area contributed by atoms with Gasteiger partial charge < -0.3 is 20.5 Å². The van der Waals surface area contributed by atoms with Gasteiger partial charge in [0.25, 0.3) is 0 Å². The van der Waals surface area contributed by atoms with Crippen LogP contribution in [0, 0.1) is 5.92 Å². The average Bonchev–Trinajstić information content (AvgIpc) is 2.39. The molecule has 0 aromatic heterocycles. The summed E-state index contributed by atoms with van der Waals surface area (Å²) in [6.07, 6.45) is 0.318. The highest BCUT2D eigenvalue weighted by molar-refractivity contribution is 5.64. The lowest BCUT2D eigenvalue weighted by Crippen LogP contribution is -2.23. The lowest BCUT2D eigenvalue weighted by atomic mass is 10.1. The van der Waals surface area contributed by atoms with Gasteiger partial charge in [-0.2, -0.15) is 0 Å². The SMILES string of the molecule is CC(C)CCOc1ccc(CNCCOC(N)=O)cc1. The number of benzene rings is 1. The normalized spacial score (nSPS) is 10.6. The predicted octanol–water partition coefficient (Wildman–Crippen LogP) is 2.30. The van der Waals surface area contributed by atoms with Gasteiger partial charge in [0.15, 0.2) is 0 Å². The number of rotatable bonds is 9. The zero-order valence-electron chi connectivity index (χ0n) is 12.2. The fraction of sp³-hybridized carbons (Fsp3) is 0.533. The van der Waals surface area contributed by atoms with E-state index in [2.05, 4.69) is 23.9 Å². The summed E-state index contributed by atoms with van der Waals surface area (Å²) in [4.78, 5) is 10.4. The van der Waals surface area contributed by atoms with Crippen molar-refractivity contribution in [3.05, 3.63) is 29.8 Å². The van der Waals surface area contributed by atoms with Crippen LogP contribution in [0.4, 0.5) is 4.79 Å². The molecule has 0 atom stereocenters. The maximum absolute atomic E-state index is 10.4. The maximum Gasteiger partial charge on any atom is 0.404 e. The Balaban J connectivity index is 2.19. The molecule has 5 heteroatoms. The summed E-state index contributed by atoms with van der Waals surface area (Å²) in [6.45, 7) is 6.69. The molecule has 0 saturated carbocycles. The van der Waals surface area contributed by atoms with Crippen molar-refractivity contribution < 1.29 is 14.3 Å². The molecule has 1 amide bonds. The predicted molar refractivity (Wildman–Crippen MR) is 78.6 cm³/mol. The van der Waals surface area contributed by atoms with Gasteiger partial charge in [-0.1, -0.05) is 26.0 Å². The van der Waals surface area contributed by atoms with E-state index in [1.54, 1.807) is 0 Å². The Kier molecular flexibility index (Phi) is 7.50. The van der Waals surface area contributed by atoms with Crippen LogP contribution in [0.3, 0.4) is 0 Å². The second-order valence-corrected chi connectivity index (χ2v) is 5.02. The Bertz CT molecular complexity index is 391. The van der Waals surface area contributed by atoms with Gasteiger partial charge in [0.1, 0.15) is 12.4 Å². The standard InChI is InChI=1S/C15H24N2O3/c1-12(2)7-9-19-14-5-3-13(4-6-14)11-17-8-10-20-15(16)18/h3-6,12,17H,7-11H2,1-2H3,(H2,16,18). The van der Waals surface area contributed by atoms with Crippen LogP contribution in [0.2, 0.25) is 0 Å². The highest BCUT2D eigenvalue weighted by Crippen LogP contribution is 2.13. The lowest BCUT2D eigenvalue weighted by molar-refractivity contribution is 0.157. The van der Waals surface area contributed by atoms with Gasteiger partial charge in [0, 0.05) is 13.1 Å². The molecule has 20 heavy (non-hydrogen) atoms. The van der Waals surface area contributed by atoms with Gasteiger partial charge in [-0.25, -0.2) is 4.79 Å². The topological polar surface area (TPSA) is 73.6 Å². The Morgan fingerprint density at radius 1 is 1.25 bits per heavy atom. The van der Waals surface area contributed by atoms with E-state index in [0.29, 0.717) is 19.0 Å². The highest BCUT2D eigenvalue weighted by atomic mass is 16.5. The molecule has 0 spiro atoms. The van der Waals surface area contributed by atoms with Crippen molar-refractivity contribution in [2.45, 2.75) is 26.8 Å². The Morgan fingerprint density at radius 3 is 2.55 bits per heavy atom. The Morgan fingerprint density at radius 2 is 1.95 bits per heavy atom. The number of ether oxygens (including phenoxy) is 2. The first-order chi connectivity index (χ1) is 9.58. The molecule has 0 aliphatic heterocycles. The summed E-state index contributed by atoms with van der Waals surface area (Å²) in [5.41, 5.74) is 6.01. The molecule has 0 radical (unpaired) electrons. The quantitative estimate of drug-likeness (QED) is 0.681. The van der Waals surface area contributed by atoms with E-state index < -0.39 is 6.09 Å². The molecule has 1 rings (SSSR count). The molecule has 0 bridgehead atoms. The third kappa shape index (κ3) is 7.63. The smallest absolute Gasteiger partial charge is 0.404 e. The third-order valence-electron chi connectivity index (χ3n) is 2.74. The molecule has 1 aromatic carbocycles. The molecule has 0 unspecified atom stereocenters. The Hall–Kier alpha value is -1.75. The third-order valence-corrected chi connectivity index (χ3v) is 2.74. The molecule has 5 nitrogen and oxygen atoms in total. The summed E-state index contributed by atoms with van der Waals surface area (Å²) in [5.74, 6) is 1.55. The molecule has 1 aromatic rings. The van der Waals surface area contributed by atoms with Crippen molar-refractivity contribution in [1.29, 1.82) is 0 Å². The first kappa shape index (κ1) is 16.3. The molecule has 3 N–H and O–H groups in total. The summed E-state index contributed by atoms with van der Waals surface area (Å²) in [6, 6.07) is 7.98. The van der Waals surface area contributed by atoms with Crippen LogP contribution in [0.1, 0.15) is 25.8 Å². The van der Waals surface area contributed by atoms with Gasteiger partial charge in [-0.15, -0.1) is 0 Å². The molecular formula is C15H24N2O3. The van der Waals surface area contributed by atoms with E-state index >= 15 is 0 Å². The monoisotopic (exact) mass is 280 g/mol. The second-order valence-electron chi connectivity index (χ2n) is 5.02. The second kappa shape index (κ2) is 9.20. The largest absolute Gasteiger partial charge is 0.494 e. The van der Waals surface area contributed by atoms with E-state index in [9.17, 15) is 4.79 Å². The van der Waals surface area contributed by atoms with Crippen molar-refractivity contribution >= 4 is 6.09 Å². The first-order valence-electron chi connectivity index (χ1n) is 6.92. The molecule has 0 aliphatic carbocycles. The fourth-order valence-corrected chi connectivity index (χ4v) is 1.57. The van der Waals surface area contributed by atoms with Crippen LogP contribution in [0.25, 0.3) is 0 Å². The zero-order valence-corrected chi connectivity index (χ0v) is 12.2. The molecule has 0 saturated heterocycles. The zero-order chi connectivity index (χ0) is 14.8. The summed E-state index contributed by atoms with van der Waals surface area (Å²) >= 11 is 0. The average molecular weight is 280 g/mol. The fourth-order valence-electron chi connectivity index (χ4n) is 1.57. The van der Waals surface area contributed by atoms with E-state index in [1.807, 2.05) is 24.3 Å². The summed E-state index contributed by atoms with van der Waals surface area (Å²) in [7, 11) is 0. The van der Waals surface area contributed by atoms with Crippen molar-refractivity contribution in [2.75, 3.05) is 19.8 Å². The number of hydrogen-bond acceptors (Lipinski definition) is 4. The number of nitrogens with one attached hydrogen (secondary N) is 1. The van der Waals surface area contributed by atoms with Crippen molar-refractivity contribution in [3.63, 3.8) is 0 Å². The van der Waals surface area contributed by atoms with Gasteiger partial charge in [-0.3, -0.25) is 0 Å². The summed E-state index contributed by atoms with van der Waals surface area (Å²) in [5, 5.41) is 3.16. The van der Waals surface area contributed by atoms with Crippen LogP contribution < -0.4 is 15.8 Å². The van der Waals surface area contributed by atoms with E-state index in [4.69, 9.17) is 10.5 Å². The van der Waals surface area contributed by atoms with Crippen LogP contribution in [0.15, 0.2) is 24.3 Å². The van der Waals surface area contributed by atoms with Crippen LogP contribution >= 0.6 is 0 Å². The van der Waals surface area contributed by atoms with Crippen molar-refractivity contribution in [1.82, 2.24) is 5.32 Å². The van der Waals surface area contributed by atoms with Crippen LogP contribution in [-0.4, -0.2) is 25.9 Å². The number of carbonyl (C=O) groups is 1. The van der Waals surface area contributed by atoms with Crippen LogP contribution in [-0.2, 0) is 11.3 Å². The van der Waals surface area contributed by atoms with Gasteiger partial charge >= 0.3 is 6.09 Å². The summed E-state index contributed by atoms with van der Waals surface area (Å²) < 4.78 is 10.3. The maximum atomic E-state index is 10.4. The minimum absolute atomic E-state index is 0.283. The van der Waals surface area contributed by atoms with Gasteiger partial charge in [-0.05, 0) is 30.0 Å². The highest BCUT2D eigenvalue weighted by Gasteiger charge is 1.98. The number of primary amides is 1. The molecular weight excluding hydrogens is 256 g/mol. The molecule has 112 valence electrons.